The van der Waals surface area contributed by atoms with Crippen LogP contribution in [0.3, 0.4) is 0 Å². The van der Waals surface area contributed by atoms with Crippen LogP contribution in [0, 0.1) is 19.8 Å². The molecule has 0 amide bonds. The van der Waals surface area contributed by atoms with Crippen molar-refractivity contribution in [3.8, 4) is 11.5 Å². The van der Waals surface area contributed by atoms with Gasteiger partial charge in [-0.3, -0.25) is 0 Å². The van der Waals surface area contributed by atoms with Gasteiger partial charge in [0.15, 0.2) is 11.5 Å². The van der Waals surface area contributed by atoms with E-state index in [-0.39, 0.29) is 6.61 Å². The molecule has 1 aliphatic heterocycles. The molecule has 224 valence electrons. The van der Waals surface area contributed by atoms with E-state index in [1.54, 1.807) is 25.5 Å². The van der Waals surface area contributed by atoms with Gasteiger partial charge in [0.25, 0.3) is 0 Å². The molecule has 0 spiro atoms. The Morgan fingerprint density at radius 3 is 2.53 bits per heavy atom. The van der Waals surface area contributed by atoms with Crippen LogP contribution in [0.4, 0.5) is 23.5 Å². The first-order valence-electron chi connectivity index (χ1n) is 14.2. The lowest BCUT2D eigenvalue weighted by atomic mass is 10.00. The normalized spacial score (nSPS) is 13.8. The lowest BCUT2D eigenvalue weighted by Crippen LogP contribution is -2.34. The van der Waals surface area contributed by atoms with Crippen molar-refractivity contribution in [2.24, 2.45) is 11.0 Å². The standard InChI is InChI=1S/C32H35Cl2N7O2/c1-20-13-15-41(16-14-20)32-38-30(36-27-9-5-7-21(2)22(27)3)37-31(39-32)40-35-18-23-8-6-10-28(42-4)29(23)43-19-24-11-12-25(33)17-26(24)34/h5-12,17-18,20H,13-16,19H2,1-4H3,(H2,36,37,38,39,40). The molecule has 1 aliphatic rings. The minimum absolute atomic E-state index is 0.226. The number of aromatic nitrogens is 3. The first-order valence-corrected chi connectivity index (χ1v) is 14.9. The number of methoxy groups -OCH3 is 1. The van der Waals surface area contributed by atoms with E-state index >= 15 is 0 Å². The minimum Gasteiger partial charge on any atom is -0.493 e. The Hall–Kier alpha value is -4.08. The summed E-state index contributed by atoms with van der Waals surface area (Å²) in [6, 6.07) is 17.0. The molecule has 11 heteroatoms. The number of nitrogens with zero attached hydrogens (tertiary/aromatic N) is 5. The number of hydrogen-bond donors (Lipinski definition) is 2. The van der Waals surface area contributed by atoms with E-state index in [4.69, 9.17) is 42.6 Å². The Morgan fingerprint density at radius 2 is 1.77 bits per heavy atom. The summed E-state index contributed by atoms with van der Waals surface area (Å²) in [5, 5.41) is 8.92. The zero-order valence-electron chi connectivity index (χ0n) is 24.7. The summed E-state index contributed by atoms with van der Waals surface area (Å²) < 4.78 is 11.7. The fourth-order valence-electron chi connectivity index (χ4n) is 4.73. The number of para-hydroxylation sites is 1. The molecule has 0 atom stereocenters. The SMILES string of the molecule is COc1cccc(C=NNc2nc(Nc3cccc(C)c3C)nc(N3CCC(C)CC3)n2)c1OCc1ccc(Cl)cc1Cl. The molecule has 3 aromatic carbocycles. The highest BCUT2D eigenvalue weighted by atomic mass is 35.5. The highest BCUT2D eigenvalue weighted by molar-refractivity contribution is 6.35. The first kappa shape index (κ1) is 30.4. The van der Waals surface area contributed by atoms with Gasteiger partial charge in [0.1, 0.15) is 6.61 Å². The molecule has 2 heterocycles. The largest absolute Gasteiger partial charge is 0.493 e. The number of rotatable bonds is 10. The third kappa shape index (κ3) is 7.66. The molecule has 43 heavy (non-hydrogen) atoms. The number of nitrogens with one attached hydrogen (secondary N) is 2. The van der Waals surface area contributed by atoms with Gasteiger partial charge in [-0.1, -0.05) is 54.4 Å². The Bertz CT molecular complexity index is 1610. The molecule has 5 rings (SSSR count). The summed E-state index contributed by atoms with van der Waals surface area (Å²) in [4.78, 5) is 16.3. The predicted molar refractivity (Wildman–Crippen MR) is 175 cm³/mol. The van der Waals surface area contributed by atoms with Crippen molar-refractivity contribution in [2.45, 2.75) is 40.2 Å². The summed E-state index contributed by atoms with van der Waals surface area (Å²) in [6.45, 7) is 8.43. The molecule has 4 aromatic rings. The molecule has 0 saturated carbocycles. The average Bonchev–Trinajstić information content (AvgIpc) is 2.99. The summed E-state index contributed by atoms with van der Waals surface area (Å²) in [6.07, 6.45) is 3.82. The third-order valence-corrected chi connectivity index (χ3v) is 8.11. The number of hydrogen-bond acceptors (Lipinski definition) is 9. The van der Waals surface area contributed by atoms with Gasteiger partial charge < -0.3 is 19.7 Å². The van der Waals surface area contributed by atoms with Gasteiger partial charge in [0, 0.05) is 39.9 Å². The summed E-state index contributed by atoms with van der Waals surface area (Å²) >= 11 is 12.4. The van der Waals surface area contributed by atoms with Crippen molar-refractivity contribution < 1.29 is 9.47 Å². The number of benzene rings is 3. The van der Waals surface area contributed by atoms with Gasteiger partial charge >= 0.3 is 0 Å². The van der Waals surface area contributed by atoms with Crippen molar-refractivity contribution in [1.29, 1.82) is 0 Å². The van der Waals surface area contributed by atoms with Crippen molar-refractivity contribution in [3.63, 3.8) is 0 Å². The van der Waals surface area contributed by atoms with Crippen molar-refractivity contribution in [3.05, 3.63) is 86.9 Å². The molecule has 1 fully saturated rings. The van der Waals surface area contributed by atoms with Gasteiger partial charge in [-0.05, 0) is 74.1 Å². The van der Waals surface area contributed by atoms with Crippen LogP contribution in [0.15, 0.2) is 59.7 Å². The molecular formula is C32H35Cl2N7O2. The molecule has 0 unspecified atom stereocenters. The van der Waals surface area contributed by atoms with E-state index in [0.29, 0.717) is 50.9 Å². The molecular weight excluding hydrogens is 585 g/mol. The van der Waals surface area contributed by atoms with E-state index in [9.17, 15) is 0 Å². The third-order valence-electron chi connectivity index (χ3n) is 7.53. The Balaban J connectivity index is 1.39. The average molecular weight is 621 g/mol. The Kier molecular flexibility index (Phi) is 9.84. The van der Waals surface area contributed by atoms with Gasteiger partial charge in [-0.2, -0.15) is 20.1 Å². The summed E-state index contributed by atoms with van der Waals surface area (Å²) in [5.41, 5.74) is 7.75. The highest BCUT2D eigenvalue weighted by Gasteiger charge is 2.20. The number of ether oxygens (including phenoxy) is 2. The number of hydrazone groups is 1. The van der Waals surface area contributed by atoms with Gasteiger partial charge in [-0.15, -0.1) is 0 Å². The molecule has 2 N–H and O–H groups in total. The highest BCUT2D eigenvalue weighted by Crippen LogP contribution is 2.32. The van der Waals surface area contributed by atoms with Crippen LogP contribution >= 0.6 is 23.2 Å². The minimum atomic E-state index is 0.226. The van der Waals surface area contributed by atoms with Crippen LogP contribution in [0.25, 0.3) is 0 Å². The topological polar surface area (TPSA) is 96.8 Å². The smallest absolute Gasteiger partial charge is 0.250 e. The Morgan fingerprint density at radius 1 is 1.00 bits per heavy atom. The van der Waals surface area contributed by atoms with Crippen molar-refractivity contribution >= 4 is 52.9 Å². The zero-order chi connectivity index (χ0) is 30.3. The second-order valence-corrected chi connectivity index (χ2v) is 11.4. The van der Waals surface area contributed by atoms with Gasteiger partial charge in [0.05, 0.1) is 13.3 Å². The van der Waals surface area contributed by atoms with Gasteiger partial charge in [0.2, 0.25) is 17.8 Å². The second-order valence-electron chi connectivity index (χ2n) is 10.6. The molecule has 0 bridgehead atoms. The van der Waals surface area contributed by atoms with Crippen LogP contribution < -0.4 is 25.1 Å². The molecule has 1 aromatic heterocycles. The fourth-order valence-corrected chi connectivity index (χ4v) is 5.19. The summed E-state index contributed by atoms with van der Waals surface area (Å²) in [7, 11) is 1.59. The number of halogens is 2. The molecule has 0 aliphatic carbocycles. The molecule has 1 saturated heterocycles. The van der Waals surface area contributed by atoms with Crippen LogP contribution in [-0.2, 0) is 6.61 Å². The van der Waals surface area contributed by atoms with E-state index in [1.165, 1.54) is 5.56 Å². The summed E-state index contributed by atoms with van der Waals surface area (Å²) in [5.74, 6) is 3.15. The number of piperidine rings is 1. The lowest BCUT2D eigenvalue weighted by Gasteiger charge is -2.30. The molecule has 0 radical (unpaired) electrons. The van der Waals surface area contributed by atoms with Crippen LogP contribution in [0.1, 0.15) is 42.0 Å². The zero-order valence-corrected chi connectivity index (χ0v) is 26.2. The predicted octanol–water partition coefficient (Wildman–Crippen LogP) is 7.81. The lowest BCUT2D eigenvalue weighted by molar-refractivity contribution is 0.284. The van der Waals surface area contributed by atoms with E-state index in [1.807, 2.05) is 36.4 Å². The van der Waals surface area contributed by atoms with Crippen molar-refractivity contribution in [2.75, 3.05) is 35.8 Å². The number of aryl methyl sites for hydroxylation is 1. The van der Waals surface area contributed by atoms with Crippen LogP contribution in [-0.4, -0.2) is 41.4 Å². The van der Waals surface area contributed by atoms with E-state index in [0.717, 1.165) is 42.7 Å². The first-order chi connectivity index (χ1) is 20.8. The quantitative estimate of drug-likeness (QED) is 0.137. The monoisotopic (exact) mass is 619 g/mol. The van der Waals surface area contributed by atoms with Crippen LogP contribution in [0.2, 0.25) is 10.0 Å². The fraction of sp³-hybridized carbons (Fsp3) is 0.312. The maximum absolute atomic E-state index is 6.36. The van der Waals surface area contributed by atoms with Crippen LogP contribution in [0.5, 0.6) is 11.5 Å². The Labute approximate surface area is 262 Å². The molecule has 9 nitrogen and oxygen atoms in total. The maximum atomic E-state index is 6.36. The van der Waals surface area contributed by atoms with E-state index < -0.39 is 0 Å². The van der Waals surface area contributed by atoms with E-state index in [2.05, 4.69) is 52.6 Å². The number of anilines is 4. The second kappa shape index (κ2) is 13.9. The van der Waals surface area contributed by atoms with Gasteiger partial charge in [-0.25, -0.2) is 5.43 Å². The maximum Gasteiger partial charge on any atom is 0.250 e. The van der Waals surface area contributed by atoms with Crippen molar-refractivity contribution in [1.82, 2.24) is 15.0 Å².